The number of rotatable bonds is 3. The molecule has 0 spiro atoms. The maximum atomic E-state index is 3.60. The number of benzene rings is 3. The first-order chi connectivity index (χ1) is 11.8. The topological polar surface area (TPSA) is 12.0 Å². The van der Waals surface area contributed by atoms with Crippen molar-refractivity contribution in [2.24, 2.45) is 0 Å². The van der Waals surface area contributed by atoms with Gasteiger partial charge in [0, 0.05) is 16.9 Å². The van der Waals surface area contributed by atoms with Gasteiger partial charge in [-0.1, -0.05) is 68.8 Å². The highest BCUT2D eigenvalue weighted by Gasteiger charge is 2.13. The molecule has 0 unspecified atom stereocenters. The lowest BCUT2D eigenvalue weighted by molar-refractivity contribution is 0.590. The minimum absolute atomic E-state index is 0.175. The molecule has 0 saturated heterocycles. The van der Waals surface area contributed by atoms with Crippen LogP contribution < -0.4 is 5.32 Å². The van der Waals surface area contributed by atoms with E-state index in [4.69, 9.17) is 0 Å². The Morgan fingerprint density at radius 3 is 2.04 bits per heavy atom. The van der Waals surface area contributed by atoms with Crippen molar-refractivity contribution >= 4 is 11.4 Å². The summed E-state index contributed by atoms with van der Waals surface area (Å²) in [5, 5.41) is 3.60. The molecule has 3 aromatic carbocycles. The van der Waals surface area contributed by atoms with Gasteiger partial charge in [-0.15, -0.1) is 0 Å². The minimum Gasteiger partial charge on any atom is -0.355 e. The molecule has 25 heavy (non-hydrogen) atoms. The second-order valence-corrected chi connectivity index (χ2v) is 7.82. The maximum Gasteiger partial charge on any atom is 0.0464 e. The zero-order valence-corrected chi connectivity index (χ0v) is 15.9. The largest absolute Gasteiger partial charge is 0.355 e. The van der Waals surface area contributed by atoms with E-state index in [0.717, 1.165) is 11.4 Å². The van der Waals surface area contributed by atoms with Crippen molar-refractivity contribution in [1.29, 1.82) is 0 Å². The number of hydrogen-bond donors (Lipinski definition) is 1. The normalized spacial score (nSPS) is 11.4. The van der Waals surface area contributed by atoms with Crippen molar-refractivity contribution in [2.75, 3.05) is 5.32 Å². The molecule has 0 aromatic heterocycles. The van der Waals surface area contributed by atoms with E-state index in [9.17, 15) is 0 Å². The van der Waals surface area contributed by atoms with Crippen molar-refractivity contribution in [2.45, 2.75) is 40.0 Å². The van der Waals surface area contributed by atoms with Crippen molar-refractivity contribution in [1.82, 2.24) is 0 Å². The van der Waals surface area contributed by atoms with Crippen molar-refractivity contribution < 1.29 is 0 Å². The SMILES string of the molecule is Cc1ccc(Nc2ccc(C(C)(C)C)cc2)c(-c2ccccc2C)c1. The van der Waals surface area contributed by atoms with E-state index < -0.39 is 0 Å². The van der Waals surface area contributed by atoms with E-state index >= 15 is 0 Å². The van der Waals surface area contributed by atoms with E-state index in [2.05, 4.69) is 107 Å². The van der Waals surface area contributed by atoms with Gasteiger partial charge in [-0.2, -0.15) is 0 Å². The number of nitrogens with one attached hydrogen (secondary N) is 1. The Labute approximate surface area is 151 Å². The predicted octanol–water partition coefficient (Wildman–Crippen LogP) is 7.01. The van der Waals surface area contributed by atoms with E-state index in [1.807, 2.05) is 0 Å². The molecule has 128 valence electrons. The molecule has 0 aliphatic carbocycles. The molecular formula is C24H27N. The molecule has 1 N–H and O–H groups in total. The van der Waals surface area contributed by atoms with Crippen LogP contribution in [0.3, 0.4) is 0 Å². The van der Waals surface area contributed by atoms with Gasteiger partial charge in [0.05, 0.1) is 0 Å². The molecule has 0 amide bonds. The average Bonchev–Trinajstić information content (AvgIpc) is 2.57. The first kappa shape index (κ1) is 17.3. The molecule has 1 nitrogen and oxygen atoms in total. The lowest BCUT2D eigenvalue weighted by Crippen LogP contribution is -2.10. The minimum atomic E-state index is 0.175. The Kier molecular flexibility index (Phi) is 4.67. The van der Waals surface area contributed by atoms with Crippen LogP contribution in [0.1, 0.15) is 37.5 Å². The summed E-state index contributed by atoms with van der Waals surface area (Å²) in [5.74, 6) is 0. The standard InChI is InChI=1S/C24H27N/c1-17-10-15-23(22(16-17)21-9-7-6-8-18(21)2)25-20-13-11-19(12-14-20)24(3,4)5/h6-16,25H,1-5H3. The van der Waals surface area contributed by atoms with Crippen molar-refractivity contribution in [3.63, 3.8) is 0 Å². The Bertz CT molecular complexity index is 867. The lowest BCUT2D eigenvalue weighted by atomic mass is 9.87. The number of hydrogen-bond acceptors (Lipinski definition) is 1. The first-order valence-corrected chi connectivity index (χ1v) is 8.89. The fourth-order valence-corrected chi connectivity index (χ4v) is 3.07. The van der Waals surface area contributed by atoms with Crippen LogP contribution in [0.2, 0.25) is 0 Å². The molecular weight excluding hydrogens is 302 g/mol. The molecule has 0 aliphatic rings. The average molecular weight is 329 g/mol. The Morgan fingerprint density at radius 1 is 0.720 bits per heavy atom. The van der Waals surface area contributed by atoms with Crippen LogP contribution in [0.5, 0.6) is 0 Å². The second-order valence-electron chi connectivity index (χ2n) is 7.82. The van der Waals surface area contributed by atoms with E-state index in [1.165, 1.54) is 27.8 Å². The first-order valence-electron chi connectivity index (χ1n) is 8.89. The van der Waals surface area contributed by atoms with Gasteiger partial charge in [-0.05, 0) is 60.2 Å². The summed E-state index contributed by atoms with van der Waals surface area (Å²) in [6, 6.07) is 23.9. The van der Waals surface area contributed by atoms with Gasteiger partial charge in [0.15, 0.2) is 0 Å². The van der Waals surface area contributed by atoms with Gasteiger partial charge in [0.2, 0.25) is 0 Å². The van der Waals surface area contributed by atoms with Gasteiger partial charge < -0.3 is 5.32 Å². The molecule has 0 bridgehead atoms. The van der Waals surface area contributed by atoms with Gasteiger partial charge in [0.25, 0.3) is 0 Å². The number of aryl methyl sites for hydroxylation is 2. The van der Waals surface area contributed by atoms with E-state index in [-0.39, 0.29) is 5.41 Å². The molecule has 3 aromatic rings. The third-order valence-corrected chi connectivity index (χ3v) is 4.64. The van der Waals surface area contributed by atoms with Gasteiger partial charge in [0.1, 0.15) is 0 Å². The summed E-state index contributed by atoms with van der Waals surface area (Å²) in [7, 11) is 0. The highest BCUT2D eigenvalue weighted by atomic mass is 14.9. The smallest absolute Gasteiger partial charge is 0.0464 e. The van der Waals surface area contributed by atoms with Crippen LogP contribution in [-0.2, 0) is 5.41 Å². The second kappa shape index (κ2) is 6.76. The van der Waals surface area contributed by atoms with Crippen LogP contribution in [0.25, 0.3) is 11.1 Å². The van der Waals surface area contributed by atoms with Gasteiger partial charge >= 0.3 is 0 Å². The Morgan fingerprint density at radius 2 is 1.40 bits per heavy atom. The summed E-state index contributed by atoms with van der Waals surface area (Å²) in [6.07, 6.45) is 0. The maximum absolute atomic E-state index is 3.60. The van der Waals surface area contributed by atoms with Crippen molar-refractivity contribution in [3.05, 3.63) is 83.4 Å². The molecule has 0 aliphatic heterocycles. The number of anilines is 2. The highest BCUT2D eigenvalue weighted by molar-refractivity contribution is 5.83. The third-order valence-electron chi connectivity index (χ3n) is 4.64. The zero-order valence-electron chi connectivity index (χ0n) is 15.9. The van der Waals surface area contributed by atoms with Gasteiger partial charge in [-0.25, -0.2) is 0 Å². The summed E-state index contributed by atoms with van der Waals surface area (Å²) < 4.78 is 0. The predicted molar refractivity (Wildman–Crippen MR) is 110 cm³/mol. The van der Waals surface area contributed by atoms with Crippen LogP contribution in [-0.4, -0.2) is 0 Å². The Balaban J connectivity index is 1.97. The third kappa shape index (κ3) is 3.93. The zero-order chi connectivity index (χ0) is 18.0. The quantitative estimate of drug-likeness (QED) is 0.545. The molecule has 3 rings (SSSR count). The fraction of sp³-hybridized carbons (Fsp3) is 0.250. The summed E-state index contributed by atoms with van der Waals surface area (Å²) in [4.78, 5) is 0. The lowest BCUT2D eigenvalue weighted by Gasteiger charge is -2.20. The molecule has 0 fully saturated rings. The fourth-order valence-electron chi connectivity index (χ4n) is 3.07. The molecule has 0 saturated carbocycles. The summed E-state index contributed by atoms with van der Waals surface area (Å²) in [6.45, 7) is 11.0. The van der Waals surface area contributed by atoms with E-state index in [1.54, 1.807) is 0 Å². The van der Waals surface area contributed by atoms with Gasteiger partial charge in [-0.3, -0.25) is 0 Å². The van der Waals surface area contributed by atoms with E-state index in [0.29, 0.717) is 0 Å². The molecule has 1 heteroatoms. The Hall–Kier alpha value is -2.54. The molecule has 0 atom stereocenters. The van der Waals surface area contributed by atoms with Crippen LogP contribution >= 0.6 is 0 Å². The van der Waals surface area contributed by atoms with Crippen LogP contribution in [0.4, 0.5) is 11.4 Å². The summed E-state index contributed by atoms with van der Waals surface area (Å²) in [5.41, 5.74) is 8.87. The summed E-state index contributed by atoms with van der Waals surface area (Å²) >= 11 is 0. The highest BCUT2D eigenvalue weighted by Crippen LogP contribution is 2.33. The molecule has 0 heterocycles. The van der Waals surface area contributed by atoms with Crippen molar-refractivity contribution in [3.8, 4) is 11.1 Å². The monoisotopic (exact) mass is 329 g/mol. The van der Waals surface area contributed by atoms with Crippen LogP contribution in [0.15, 0.2) is 66.7 Å². The molecule has 0 radical (unpaired) electrons. The van der Waals surface area contributed by atoms with Crippen LogP contribution in [0, 0.1) is 13.8 Å².